The molecule has 0 amide bonds. The molecule has 7 heteroatoms. The van der Waals surface area contributed by atoms with E-state index in [0.29, 0.717) is 29.4 Å². The molecule has 0 aliphatic carbocycles. The number of pyridine rings is 1. The fourth-order valence-corrected chi connectivity index (χ4v) is 6.12. The molecule has 2 atom stereocenters. The van der Waals surface area contributed by atoms with Gasteiger partial charge in [-0.1, -0.05) is 30.3 Å². The minimum atomic E-state index is -1.11. The van der Waals surface area contributed by atoms with Gasteiger partial charge in [0.1, 0.15) is 17.6 Å². The number of anilines is 1. The molecular weight excluding hydrogens is 442 g/mol. The second kappa shape index (κ2) is 9.30. The van der Waals surface area contributed by atoms with Crippen LogP contribution in [0.3, 0.4) is 0 Å². The van der Waals surface area contributed by atoms with E-state index in [1.807, 2.05) is 55.5 Å². The minimum absolute atomic E-state index is 0.465. The lowest BCUT2D eigenvalue weighted by Gasteiger charge is -2.27. The van der Waals surface area contributed by atoms with E-state index >= 15 is 0 Å². The smallest absolute Gasteiger partial charge is 0.157 e. The molecule has 1 unspecified atom stereocenters. The largest absolute Gasteiger partial charge is 0.611 e. The Balaban J connectivity index is 1.67. The maximum atomic E-state index is 13.1. The van der Waals surface area contributed by atoms with E-state index < -0.39 is 11.2 Å². The van der Waals surface area contributed by atoms with Gasteiger partial charge in [-0.15, -0.1) is 0 Å². The number of imidazole rings is 1. The Morgan fingerprint density at radius 1 is 1.15 bits per heavy atom. The lowest BCUT2D eigenvalue weighted by Crippen LogP contribution is -2.33. The van der Waals surface area contributed by atoms with E-state index in [2.05, 4.69) is 40.4 Å². The van der Waals surface area contributed by atoms with Crippen LogP contribution < -0.4 is 4.90 Å². The van der Waals surface area contributed by atoms with Crippen LogP contribution in [-0.4, -0.2) is 57.8 Å². The standard InChI is InChI=1S/C27H29N5OS/c1-19-22(14-16-34(33)21-9-5-4-6-10-21)27(31-15-13-20(18-31)30(2)3)32-25-12-8-7-11-24(25)29-26(32)23(19)17-28/h4-12,20H,13-16,18H2,1-3H3/t20-,34?/m0/s1. The molecule has 34 heavy (non-hydrogen) atoms. The van der Waals surface area contributed by atoms with Crippen LogP contribution in [0.15, 0.2) is 59.5 Å². The summed E-state index contributed by atoms with van der Waals surface area (Å²) in [5, 5.41) is 10.1. The molecule has 174 valence electrons. The Labute approximate surface area is 203 Å². The van der Waals surface area contributed by atoms with Crippen LogP contribution in [0, 0.1) is 18.3 Å². The molecule has 0 saturated carbocycles. The first-order valence-corrected chi connectivity index (χ1v) is 13.0. The zero-order valence-corrected chi connectivity index (χ0v) is 20.7. The molecule has 1 fully saturated rings. The summed E-state index contributed by atoms with van der Waals surface area (Å²) >= 11 is -1.11. The summed E-state index contributed by atoms with van der Waals surface area (Å²) in [5.74, 6) is 1.60. The van der Waals surface area contributed by atoms with Crippen molar-refractivity contribution in [3.05, 3.63) is 71.3 Å². The summed E-state index contributed by atoms with van der Waals surface area (Å²) in [5.41, 5.74) is 5.23. The van der Waals surface area contributed by atoms with Crippen molar-refractivity contribution in [2.45, 2.75) is 30.7 Å². The molecule has 6 nitrogen and oxygen atoms in total. The molecule has 2 aromatic heterocycles. The number of nitrogens with zero attached hydrogens (tertiary/aromatic N) is 5. The van der Waals surface area contributed by atoms with Crippen molar-refractivity contribution in [1.29, 1.82) is 5.26 Å². The van der Waals surface area contributed by atoms with E-state index in [-0.39, 0.29) is 0 Å². The predicted molar refractivity (Wildman–Crippen MR) is 138 cm³/mol. The summed E-state index contributed by atoms with van der Waals surface area (Å²) < 4.78 is 15.3. The number of para-hydroxylation sites is 2. The molecule has 3 heterocycles. The average molecular weight is 472 g/mol. The van der Waals surface area contributed by atoms with Gasteiger partial charge >= 0.3 is 0 Å². The Kier molecular flexibility index (Phi) is 6.22. The highest BCUT2D eigenvalue weighted by atomic mass is 32.2. The summed E-state index contributed by atoms with van der Waals surface area (Å²) in [4.78, 5) is 10.4. The first kappa shape index (κ1) is 22.7. The molecular formula is C27H29N5OS. The zero-order valence-electron chi connectivity index (χ0n) is 19.9. The highest BCUT2D eigenvalue weighted by molar-refractivity contribution is 7.91. The lowest BCUT2D eigenvalue weighted by molar-refractivity contribution is 0.315. The zero-order chi connectivity index (χ0) is 23.8. The molecule has 1 saturated heterocycles. The molecule has 5 rings (SSSR count). The van der Waals surface area contributed by atoms with Crippen LogP contribution in [0.1, 0.15) is 23.1 Å². The van der Waals surface area contributed by atoms with Gasteiger partial charge < -0.3 is 14.4 Å². The normalized spacial score (nSPS) is 17.1. The summed E-state index contributed by atoms with van der Waals surface area (Å²) in [6.07, 6.45) is 1.71. The maximum absolute atomic E-state index is 13.1. The Morgan fingerprint density at radius 2 is 1.88 bits per heavy atom. The number of rotatable bonds is 6. The number of hydrogen-bond donors (Lipinski definition) is 0. The number of nitriles is 1. The van der Waals surface area contributed by atoms with Crippen LogP contribution >= 0.6 is 0 Å². The second-order valence-corrected chi connectivity index (χ2v) is 10.7. The van der Waals surface area contributed by atoms with Gasteiger partial charge in [-0.25, -0.2) is 4.98 Å². The van der Waals surface area contributed by atoms with Crippen LogP contribution in [0.25, 0.3) is 16.7 Å². The SMILES string of the molecule is Cc1c(CC[S+]([O-])c2ccccc2)c(N2CC[C@H](N(C)C)C2)n2c(nc3ccccc32)c1C#N. The third-order valence-electron chi connectivity index (χ3n) is 6.94. The lowest BCUT2D eigenvalue weighted by atomic mass is 10.0. The number of hydrogen-bond acceptors (Lipinski definition) is 5. The van der Waals surface area contributed by atoms with Crippen molar-refractivity contribution in [3.8, 4) is 6.07 Å². The van der Waals surface area contributed by atoms with Gasteiger partial charge in [-0.2, -0.15) is 5.26 Å². The highest BCUT2D eigenvalue weighted by Crippen LogP contribution is 2.36. The van der Waals surface area contributed by atoms with Crippen molar-refractivity contribution in [2.75, 3.05) is 37.8 Å². The van der Waals surface area contributed by atoms with Crippen LogP contribution in [0.4, 0.5) is 5.82 Å². The van der Waals surface area contributed by atoms with Crippen molar-refractivity contribution >= 4 is 33.7 Å². The molecule has 0 bridgehead atoms. The highest BCUT2D eigenvalue weighted by Gasteiger charge is 2.30. The Hall–Kier alpha value is -3.05. The maximum Gasteiger partial charge on any atom is 0.157 e. The van der Waals surface area contributed by atoms with E-state index in [1.165, 1.54) is 0 Å². The van der Waals surface area contributed by atoms with Gasteiger partial charge in [-0.05, 0) is 68.4 Å². The minimum Gasteiger partial charge on any atom is -0.611 e. The van der Waals surface area contributed by atoms with Gasteiger partial charge in [0.25, 0.3) is 0 Å². The molecule has 0 spiro atoms. The molecule has 2 aromatic carbocycles. The van der Waals surface area contributed by atoms with Gasteiger partial charge in [-0.3, -0.25) is 4.40 Å². The number of likely N-dealkylation sites (N-methyl/N-ethyl adjacent to an activating group) is 1. The van der Waals surface area contributed by atoms with E-state index in [4.69, 9.17) is 4.98 Å². The fraction of sp³-hybridized carbons (Fsp3) is 0.333. The van der Waals surface area contributed by atoms with Crippen LogP contribution in [-0.2, 0) is 17.6 Å². The van der Waals surface area contributed by atoms with Crippen molar-refractivity contribution in [2.24, 2.45) is 0 Å². The van der Waals surface area contributed by atoms with Crippen LogP contribution in [0.5, 0.6) is 0 Å². The Morgan fingerprint density at radius 3 is 2.59 bits per heavy atom. The molecule has 4 aromatic rings. The van der Waals surface area contributed by atoms with Gasteiger partial charge in [0, 0.05) is 31.1 Å². The summed E-state index contributed by atoms with van der Waals surface area (Å²) in [6, 6.07) is 20.6. The third kappa shape index (κ3) is 3.92. The Bertz CT molecular complexity index is 1380. The van der Waals surface area contributed by atoms with Crippen molar-refractivity contribution in [3.63, 3.8) is 0 Å². The molecule has 1 aliphatic heterocycles. The van der Waals surface area contributed by atoms with E-state index in [9.17, 15) is 9.81 Å². The molecule has 0 N–H and O–H groups in total. The summed E-state index contributed by atoms with van der Waals surface area (Å²) in [7, 11) is 4.26. The van der Waals surface area contributed by atoms with Gasteiger partial charge in [0.15, 0.2) is 10.5 Å². The van der Waals surface area contributed by atoms with Crippen molar-refractivity contribution < 1.29 is 4.55 Å². The van der Waals surface area contributed by atoms with Crippen LogP contribution in [0.2, 0.25) is 0 Å². The van der Waals surface area contributed by atoms with Crippen molar-refractivity contribution in [1.82, 2.24) is 14.3 Å². The topological polar surface area (TPSA) is 70.6 Å². The first-order chi connectivity index (χ1) is 16.5. The number of benzene rings is 2. The molecule has 0 radical (unpaired) electrons. The summed E-state index contributed by atoms with van der Waals surface area (Å²) in [6.45, 7) is 3.86. The first-order valence-electron chi connectivity index (χ1n) is 11.7. The number of aromatic nitrogens is 2. The van der Waals surface area contributed by atoms with E-state index in [0.717, 1.165) is 52.4 Å². The predicted octanol–water partition coefficient (Wildman–Crippen LogP) is 4.16. The van der Waals surface area contributed by atoms with Gasteiger partial charge in [0.05, 0.1) is 16.6 Å². The average Bonchev–Trinajstić information content (AvgIpc) is 3.48. The fourth-order valence-electron chi connectivity index (χ4n) is 5.04. The second-order valence-electron chi connectivity index (χ2n) is 9.14. The monoisotopic (exact) mass is 471 g/mol. The van der Waals surface area contributed by atoms with Gasteiger partial charge in [0.2, 0.25) is 0 Å². The third-order valence-corrected chi connectivity index (χ3v) is 8.32. The quantitative estimate of drug-likeness (QED) is 0.395. The molecule has 1 aliphatic rings. The number of fused-ring (bicyclic) bond motifs is 3. The van der Waals surface area contributed by atoms with E-state index in [1.54, 1.807) is 0 Å².